The van der Waals surface area contributed by atoms with E-state index in [1.54, 1.807) is 18.8 Å². The van der Waals surface area contributed by atoms with Crippen LogP contribution in [0, 0.1) is 0 Å². The van der Waals surface area contributed by atoms with E-state index in [-0.39, 0.29) is 0 Å². The zero-order valence-corrected chi connectivity index (χ0v) is 10.1. The standard InChI is InChI=1S/C12H17N3O2/c1-3-13-6-11-9-17-12(14-11)15(2)7-10-4-5-16-8-10/h4-5,8-9,13H,3,6-7H2,1-2H3. The molecule has 0 aromatic carbocycles. The maximum absolute atomic E-state index is 5.42. The van der Waals surface area contributed by atoms with Crippen molar-refractivity contribution in [3.63, 3.8) is 0 Å². The largest absolute Gasteiger partial charge is 0.472 e. The number of oxazole rings is 1. The van der Waals surface area contributed by atoms with Crippen LogP contribution in [0.1, 0.15) is 18.2 Å². The third-order valence-corrected chi connectivity index (χ3v) is 2.42. The molecule has 0 saturated heterocycles. The van der Waals surface area contributed by atoms with E-state index in [1.165, 1.54) is 0 Å². The fourth-order valence-electron chi connectivity index (χ4n) is 1.53. The van der Waals surface area contributed by atoms with Gasteiger partial charge in [-0.3, -0.25) is 0 Å². The highest BCUT2D eigenvalue weighted by molar-refractivity contribution is 5.27. The van der Waals surface area contributed by atoms with Crippen LogP contribution in [0.2, 0.25) is 0 Å². The zero-order chi connectivity index (χ0) is 12.1. The van der Waals surface area contributed by atoms with E-state index in [1.807, 2.05) is 18.0 Å². The monoisotopic (exact) mass is 235 g/mol. The number of rotatable bonds is 6. The lowest BCUT2D eigenvalue weighted by molar-refractivity contribution is 0.539. The number of hydrogen-bond acceptors (Lipinski definition) is 5. The van der Waals surface area contributed by atoms with Crippen LogP contribution in [0.5, 0.6) is 0 Å². The predicted octanol–water partition coefficient (Wildman–Crippen LogP) is 2.01. The maximum atomic E-state index is 5.42. The first-order chi connectivity index (χ1) is 8.29. The number of aromatic nitrogens is 1. The van der Waals surface area contributed by atoms with Gasteiger partial charge in [-0.25, -0.2) is 0 Å². The van der Waals surface area contributed by atoms with Gasteiger partial charge in [-0.1, -0.05) is 6.92 Å². The van der Waals surface area contributed by atoms with Gasteiger partial charge >= 0.3 is 0 Å². The molecule has 5 nitrogen and oxygen atoms in total. The van der Waals surface area contributed by atoms with E-state index in [0.717, 1.165) is 30.9 Å². The fraction of sp³-hybridized carbons (Fsp3) is 0.417. The number of nitrogens with one attached hydrogen (secondary N) is 1. The maximum Gasteiger partial charge on any atom is 0.297 e. The molecule has 92 valence electrons. The number of furan rings is 1. The summed E-state index contributed by atoms with van der Waals surface area (Å²) in [6.45, 7) is 4.44. The lowest BCUT2D eigenvalue weighted by atomic mass is 10.3. The summed E-state index contributed by atoms with van der Waals surface area (Å²) in [4.78, 5) is 6.34. The van der Waals surface area contributed by atoms with Gasteiger partial charge in [-0.05, 0) is 12.6 Å². The van der Waals surface area contributed by atoms with Crippen molar-refractivity contribution in [1.29, 1.82) is 0 Å². The second-order valence-corrected chi connectivity index (χ2v) is 3.89. The smallest absolute Gasteiger partial charge is 0.297 e. The SMILES string of the molecule is CCNCc1coc(N(C)Cc2ccoc2)n1. The molecule has 2 aromatic rings. The van der Waals surface area contributed by atoms with E-state index < -0.39 is 0 Å². The van der Waals surface area contributed by atoms with E-state index >= 15 is 0 Å². The minimum atomic E-state index is 0.624. The van der Waals surface area contributed by atoms with Crippen LogP contribution in [-0.4, -0.2) is 18.6 Å². The van der Waals surface area contributed by atoms with Crippen LogP contribution in [0.15, 0.2) is 33.7 Å². The summed E-state index contributed by atoms with van der Waals surface area (Å²) in [7, 11) is 1.94. The molecule has 1 N–H and O–H groups in total. The Kier molecular flexibility index (Phi) is 3.82. The Hall–Kier alpha value is -1.75. The lowest BCUT2D eigenvalue weighted by Crippen LogP contribution is -2.17. The predicted molar refractivity (Wildman–Crippen MR) is 64.7 cm³/mol. The summed E-state index contributed by atoms with van der Waals surface area (Å²) in [6.07, 6.45) is 5.07. The third-order valence-electron chi connectivity index (χ3n) is 2.42. The molecule has 2 aromatic heterocycles. The second-order valence-electron chi connectivity index (χ2n) is 3.89. The fourth-order valence-corrected chi connectivity index (χ4v) is 1.53. The van der Waals surface area contributed by atoms with Gasteiger partial charge in [0.15, 0.2) is 0 Å². The van der Waals surface area contributed by atoms with Crippen LogP contribution in [0.25, 0.3) is 0 Å². The highest BCUT2D eigenvalue weighted by Gasteiger charge is 2.09. The molecule has 0 bridgehead atoms. The molecule has 2 rings (SSSR count). The van der Waals surface area contributed by atoms with Gasteiger partial charge in [0.2, 0.25) is 0 Å². The quantitative estimate of drug-likeness (QED) is 0.830. The van der Waals surface area contributed by atoms with Crippen molar-refractivity contribution in [2.24, 2.45) is 0 Å². The lowest BCUT2D eigenvalue weighted by Gasteiger charge is -2.12. The summed E-state index contributed by atoms with van der Waals surface area (Å²) < 4.78 is 10.4. The van der Waals surface area contributed by atoms with E-state index in [2.05, 4.69) is 17.2 Å². The van der Waals surface area contributed by atoms with Crippen LogP contribution in [-0.2, 0) is 13.1 Å². The molecular formula is C12H17N3O2. The Labute approximate surface area is 100 Å². The first-order valence-corrected chi connectivity index (χ1v) is 5.67. The minimum absolute atomic E-state index is 0.624. The van der Waals surface area contributed by atoms with Crippen LogP contribution in [0.3, 0.4) is 0 Å². The molecule has 5 heteroatoms. The molecular weight excluding hydrogens is 218 g/mol. The van der Waals surface area contributed by atoms with E-state index in [4.69, 9.17) is 8.83 Å². The summed E-state index contributed by atoms with van der Waals surface area (Å²) in [6, 6.07) is 2.55. The van der Waals surface area contributed by atoms with Gasteiger partial charge < -0.3 is 19.1 Å². The van der Waals surface area contributed by atoms with Crippen molar-refractivity contribution >= 4 is 6.01 Å². The normalized spacial score (nSPS) is 10.7. The molecule has 0 atom stereocenters. The second kappa shape index (κ2) is 5.54. The summed E-state index contributed by atoms with van der Waals surface area (Å²) >= 11 is 0. The van der Waals surface area contributed by atoms with Crippen molar-refractivity contribution in [1.82, 2.24) is 10.3 Å². The molecule has 0 fully saturated rings. The molecule has 0 amide bonds. The molecule has 0 unspecified atom stereocenters. The summed E-state index contributed by atoms with van der Waals surface area (Å²) in [5, 5.41) is 3.21. The van der Waals surface area contributed by atoms with Gasteiger partial charge in [-0.2, -0.15) is 4.98 Å². The van der Waals surface area contributed by atoms with E-state index in [0.29, 0.717) is 6.01 Å². The average molecular weight is 235 g/mol. The Balaban J connectivity index is 1.94. The van der Waals surface area contributed by atoms with E-state index in [9.17, 15) is 0 Å². The summed E-state index contributed by atoms with van der Waals surface area (Å²) in [5.74, 6) is 0. The van der Waals surface area contributed by atoms with Crippen molar-refractivity contribution < 1.29 is 8.83 Å². The first kappa shape index (κ1) is 11.7. The van der Waals surface area contributed by atoms with Crippen molar-refractivity contribution in [3.05, 3.63) is 36.1 Å². The molecule has 0 aliphatic heterocycles. The Morgan fingerprint density at radius 3 is 3.00 bits per heavy atom. The Bertz CT molecular complexity index is 436. The third kappa shape index (κ3) is 3.10. The first-order valence-electron chi connectivity index (χ1n) is 5.67. The van der Waals surface area contributed by atoms with Gasteiger partial charge in [0.05, 0.1) is 24.8 Å². The van der Waals surface area contributed by atoms with Gasteiger partial charge in [0.1, 0.15) is 6.26 Å². The van der Waals surface area contributed by atoms with Crippen molar-refractivity contribution in [3.8, 4) is 0 Å². The Morgan fingerprint density at radius 1 is 1.41 bits per heavy atom. The highest BCUT2D eigenvalue weighted by atomic mass is 16.4. The molecule has 0 radical (unpaired) electrons. The topological polar surface area (TPSA) is 54.4 Å². The van der Waals surface area contributed by atoms with Crippen LogP contribution in [0.4, 0.5) is 6.01 Å². The number of hydrogen-bond donors (Lipinski definition) is 1. The van der Waals surface area contributed by atoms with Gasteiger partial charge in [-0.15, -0.1) is 0 Å². The minimum Gasteiger partial charge on any atom is -0.472 e. The number of anilines is 1. The van der Waals surface area contributed by atoms with Crippen LogP contribution < -0.4 is 10.2 Å². The highest BCUT2D eigenvalue weighted by Crippen LogP contribution is 2.15. The zero-order valence-electron chi connectivity index (χ0n) is 10.1. The molecule has 17 heavy (non-hydrogen) atoms. The molecule has 2 heterocycles. The molecule has 0 aliphatic rings. The van der Waals surface area contributed by atoms with Gasteiger partial charge in [0, 0.05) is 19.2 Å². The average Bonchev–Trinajstić information content (AvgIpc) is 2.96. The molecule has 0 saturated carbocycles. The summed E-state index contributed by atoms with van der Waals surface area (Å²) in [5.41, 5.74) is 2.01. The van der Waals surface area contributed by atoms with Crippen LogP contribution >= 0.6 is 0 Å². The molecule has 0 spiro atoms. The van der Waals surface area contributed by atoms with Gasteiger partial charge in [0.25, 0.3) is 6.01 Å². The van der Waals surface area contributed by atoms with Crippen molar-refractivity contribution in [2.45, 2.75) is 20.0 Å². The Morgan fingerprint density at radius 2 is 2.29 bits per heavy atom. The molecule has 0 aliphatic carbocycles. The number of nitrogens with zero attached hydrogens (tertiary/aromatic N) is 2. The van der Waals surface area contributed by atoms with Crippen molar-refractivity contribution in [2.75, 3.05) is 18.5 Å².